The number of carbonyl (C=O) groups excluding carboxylic acids is 1. The Hall–Kier alpha value is -2.87. The number of rotatable bonds is 10. The molecule has 0 bridgehead atoms. The van der Waals surface area contributed by atoms with Gasteiger partial charge in [0.2, 0.25) is 0 Å². The summed E-state index contributed by atoms with van der Waals surface area (Å²) in [6.07, 6.45) is 3.94. The normalized spacial score (nSPS) is 11.9. The topological polar surface area (TPSA) is 110 Å². The molecule has 1 heterocycles. The SMILES string of the molecule is CN(CCCNC(=O)N[C@@H](Cc1cnc[nH]1)C(=O)O)Cc1ccccc1. The first-order valence-electron chi connectivity index (χ1n) is 8.51. The van der Waals surface area contributed by atoms with E-state index in [-0.39, 0.29) is 6.42 Å². The van der Waals surface area contributed by atoms with Crippen LogP contribution < -0.4 is 10.6 Å². The van der Waals surface area contributed by atoms with E-state index < -0.39 is 18.0 Å². The monoisotopic (exact) mass is 359 g/mol. The largest absolute Gasteiger partial charge is 0.480 e. The van der Waals surface area contributed by atoms with Crippen molar-refractivity contribution in [2.45, 2.75) is 25.4 Å². The van der Waals surface area contributed by atoms with Crippen LogP contribution in [0.25, 0.3) is 0 Å². The Kier molecular flexibility index (Phi) is 7.63. The van der Waals surface area contributed by atoms with E-state index in [1.807, 2.05) is 25.2 Å². The van der Waals surface area contributed by atoms with E-state index in [9.17, 15) is 14.7 Å². The molecule has 0 unspecified atom stereocenters. The zero-order valence-corrected chi connectivity index (χ0v) is 14.8. The lowest BCUT2D eigenvalue weighted by Gasteiger charge is -2.17. The van der Waals surface area contributed by atoms with Gasteiger partial charge in [-0.2, -0.15) is 0 Å². The summed E-state index contributed by atoms with van der Waals surface area (Å²) in [4.78, 5) is 32.0. The van der Waals surface area contributed by atoms with E-state index in [0.717, 1.165) is 19.5 Å². The predicted octanol–water partition coefficient (Wildman–Crippen LogP) is 1.23. The summed E-state index contributed by atoms with van der Waals surface area (Å²) >= 11 is 0. The second-order valence-electron chi connectivity index (χ2n) is 6.15. The van der Waals surface area contributed by atoms with Crippen molar-refractivity contribution in [2.75, 3.05) is 20.1 Å². The van der Waals surface area contributed by atoms with Crippen LogP contribution >= 0.6 is 0 Å². The lowest BCUT2D eigenvalue weighted by molar-refractivity contribution is -0.139. The highest BCUT2D eigenvalue weighted by Gasteiger charge is 2.20. The second kappa shape index (κ2) is 10.2. The summed E-state index contributed by atoms with van der Waals surface area (Å²) < 4.78 is 0. The van der Waals surface area contributed by atoms with Crippen molar-refractivity contribution in [1.82, 2.24) is 25.5 Å². The number of aromatic nitrogens is 2. The van der Waals surface area contributed by atoms with Gasteiger partial charge in [-0.1, -0.05) is 30.3 Å². The third-order valence-electron chi connectivity index (χ3n) is 3.88. The number of aromatic amines is 1. The van der Waals surface area contributed by atoms with Gasteiger partial charge in [-0.15, -0.1) is 0 Å². The highest BCUT2D eigenvalue weighted by Crippen LogP contribution is 2.02. The Balaban J connectivity index is 1.65. The van der Waals surface area contributed by atoms with Crippen LogP contribution in [0.3, 0.4) is 0 Å². The molecule has 2 amide bonds. The third-order valence-corrected chi connectivity index (χ3v) is 3.88. The molecule has 0 aliphatic rings. The van der Waals surface area contributed by atoms with Crippen LogP contribution in [0.15, 0.2) is 42.9 Å². The standard InChI is InChI=1S/C18H25N5O3/c1-23(12-14-6-3-2-4-7-14)9-5-8-20-18(26)22-16(17(24)25)10-15-11-19-13-21-15/h2-4,6-7,11,13,16H,5,8-10,12H2,1H3,(H,19,21)(H,24,25)(H2,20,22,26)/t16-/m0/s1. The first-order valence-corrected chi connectivity index (χ1v) is 8.51. The third kappa shape index (κ3) is 6.94. The van der Waals surface area contributed by atoms with Gasteiger partial charge in [-0.05, 0) is 25.6 Å². The lowest BCUT2D eigenvalue weighted by Crippen LogP contribution is -2.47. The van der Waals surface area contributed by atoms with E-state index in [1.165, 1.54) is 18.1 Å². The molecular formula is C18H25N5O3. The number of hydrogen-bond acceptors (Lipinski definition) is 4. The van der Waals surface area contributed by atoms with Crippen LogP contribution in [0.2, 0.25) is 0 Å². The number of carboxylic acid groups (broad SMARTS) is 1. The van der Waals surface area contributed by atoms with E-state index in [4.69, 9.17) is 0 Å². The van der Waals surface area contributed by atoms with E-state index in [0.29, 0.717) is 12.2 Å². The molecule has 0 aliphatic carbocycles. The molecular weight excluding hydrogens is 334 g/mol. The fourth-order valence-corrected chi connectivity index (χ4v) is 2.55. The number of hydrogen-bond donors (Lipinski definition) is 4. The number of nitrogens with one attached hydrogen (secondary N) is 3. The number of carbonyl (C=O) groups is 2. The zero-order chi connectivity index (χ0) is 18.8. The predicted molar refractivity (Wildman–Crippen MR) is 97.6 cm³/mol. The molecule has 2 rings (SSSR count). The summed E-state index contributed by atoms with van der Waals surface area (Å²) in [5, 5.41) is 14.4. The van der Waals surface area contributed by atoms with E-state index >= 15 is 0 Å². The molecule has 1 aromatic carbocycles. The van der Waals surface area contributed by atoms with Crippen LogP contribution in [0.1, 0.15) is 17.7 Å². The molecule has 0 radical (unpaired) electrons. The Morgan fingerprint density at radius 1 is 1.31 bits per heavy atom. The first kappa shape index (κ1) is 19.5. The highest BCUT2D eigenvalue weighted by atomic mass is 16.4. The minimum atomic E-state index is -1.09. The minimum absolute atomic E-state index is 0.155. The number of imidazole rings is 1. The van der Waals surface area contributed by atoms with Gasteiger partial charge < -0.3 is 25.6 Å². The van der Waals surface area contributed by atoms with Crippen LogP contribution in [-0.2, 0) is 17.8 Å². The maximum absolute atomic E-state index is 11.9. The van der Waals surface area contributed by atoms with Crippen molar-refractivity contribution in [2.24, 2.45) is 0 Å². The van der Waals surface area contributed by atoms with Gasteiger partial charge in [0.1, 0.15) is 6.04 Å². The molecule has 0 spiro atoms. The zero-order valence-electron chi connectivity index (χ0n) is 14.8. The fraction of sp³-hybridized carbons (Fsp3) is 0.389. The summed E-state index contributed by atoms with van der Waals surface area (Å²) in [6.45, 7) is 2.14. The number of H-pyrrole nitrogens is 1. The number of carboxylic acids is 1. The van der Waals surface area contributed by atoms with Crippen LogP contribution in [0, 0.1) is 0 Å². The molecule has 4 N–H and O–H groups in total. The highest BCUT2D eigenvalue weighted by molar-refractivity contribution is 5.82. The smallest absolute Gasteiger partial charge is 0.326 e. The molecule has 8 heteroatoms. The molecule has 2 aromatic rings. The van der Waals surface area contributed by atoms with Gasteiger partial charge in [0.15, 0.2) is 0 Å². The second-order valence-corrected chi connectivity index (χ2v) is 6.15. The van der Waals surface area contributed by atoms with Crippen molar-refractivity contribution < 1.29 is 14.7 Å². The van der Waals surface area contributed by atoms with Crippen molar-refractivity contribution in [1.29, 1.82) is 0 Å². The summed E-state index contributed by atoms with van der Waals surface area (Å²) in [5.41, 5.74) is 1.89. The molecule has 1 aromatic heterocycles. The molecule has 0 fully saturated rings. The van der Waals surface area contributed by atoms with Gasteiger partial charge in [-0.25, -0.2) is 14.6 Å². The Morgan fingerprint density at radius 3 is 2.73 bits per heavy atom. The lowest BCUT2D eigenvalue weighted by atomic mass is 10.2. The molecule has 0 saturated carbocycles. The maximum atomic E-state index is 11.9. The average molecular weight is 359 g/mol. The maximum Gasteiger partial charge on any atom is 0.326 e. The Bertz CT molecular complexity index is 675. The van der Waals surface area contributed by atoms with Gasteiger partial charge in [0, 0.05) is 31.4 Å². The van der Waals surface area contributed by atoms with Gasteiger partial charge >= 0.3 is 12.0 Å². The molecule has 26 heavy (non-hydrogen) atoms. The molecule has 0 saturated heterocycles. The average Bonchev–Trinajstić information content (AvgIpc) is 3.12. The van der Waals surface area contributed by atoms with Gasteiger partial charge in [0.25, 0.3) is 0 Å². The Labute approximate surface area is 152 Å². The van der Waals surface area contributed by atoms with E-state index in [1.54, 1.807) is 0 Å². The van der Waals surface area contributed by atoms with Crippen LogP contribution in [0.5, 0.6) is 0 Å². The van der Waals surface area contributed by atoms with Crippen molar-refractivity contribution in [3.63, 3.8) is 0 Å². The van der Waals surface area contributed by atoms with Crippen LogP contribution in [0.4, 0.5) is 4.79 Å². The van der Waals surface area contributed by atoms with Crippen LogP contribution in [-0.4, -0.2) is 58.2 Å². The minimum Gasteiger partial charge on any atom is -0.480 e. The fourth-order valence-electron chi connectivity index (χ4n) is 2.55. The van der Waals surface area contributed by atoms with Crippen molar-refractivity contribution in [3.8, 4) is 0 Å². The van der Waals surface area contributed by atoms with Crippen molar-refractivity contribution in [3.05, 3.63) is 54.1 Å². The quantitative estimate of drug-likeness (QED) is 0.477. The Morgan fingerprint density at radius 2 is 2.08 bits per heavy atom. The summed E-state index contributed by atoms with van der Waals surface area (Å²) in [5.74, 6) is -1.09. The molecule has 8 nitrogen and oxygen atoms in total. The summed E-state index contributed by atoms with van der Waals surface area (Å²) in [6, 6.07) is 8.68. The molecule has 0 aliphatic heterocycles. The number of urea groups is 1. The van der Waals surface area contributed by atoms with Gasteiger partial charge in [-0.3, -0.25) is 0 Å². The first-order chi connectivity index (χ1) is 12.5. The summed E-state index contributed by atoms with van der Waals surface area (Å²) in [7, 11) is 2.03. The van der Waals surface area contributed by atoms with Gasteiger partial charge in [0.05, 0.1) is 6.33 Å². The van der Waals surface area contributed by atoms with Crippen molar-refractivity contribution >= 4 is 12.0 Å². The van der Waals surface area contributed by atoms with E-state index in [2.05, 4.69) is 37.6 Å². The number of amides is 2. The number of aliphatic carboxylic acids is 1. The number of nitrogens with zero attached hydrogens (tertiary/aromatic N) is 2. The molecule has 140 valence electrons. The number of benzene rings is 1. The molecule has 1 atom stereocenters.